The SMILES string of the molecule is Fc1ccc(C2C3=CCOC=C3NC3=C2CCC3)cc1Br. The number of ether oxygens (including phenoxy) is 1. The lowest BCUT2D eigenvalue weighted by molar-refractivity contribution is 0.276. The Kier molecular flexibility index (Phi) is 3.14. The molecule has 0 radical (unpaired) electrons. The first-order valence-corrected chi connectivity index (χ1v) is 7.99. The van der Waals surface area contributed by atoms with Gasteiger partial charge in [-0.2, -0.15) is 0 Å². The molecule has 0 amide bonds. The molecule has 1 aliphatic carbocycles. The van der Waals surface area contributed by atoms with Crippen molar-refractivity contribution < 1.29 is 9.13 Å². The van der Waals surface area contributed by atoms with Crippen molar-refractivity contribution in [3.8, 4) is 0 Å². The Morgan fingerprint density at radius 1 is 1.29 bits per heavy atom. The highest BCUT2D eigenvalue weighted by Gasteiger charge is 2.34. The molecular weight excluding hydrogens is 333 g/mol. The normalized spacial score (nSPS) is 23.6. The average molecular weight is 348 g/mol. The van der Waals surface area contributed by atoms with Gasteiger partial charge in [-0.15, -0.1) is 0 Å². The molecule has 0 bridgehead atoms. The molecule has 2 nitrogen and oxygen atoms in total. The van der Waals surface area contributed by atoms with Crippen LogP contribution in [0, 0.1) is 5.82 Å². The summed E-state index contributed by atoms with van der Waals surface area (Å²) in [6.45, 7) is 0.599. The van der Waals surface area contributed by atoms with Gasteiger partial charge in [0.05, 0.1) is 10.2 Å². The van der Waals surface area contributed by atoms with Crippen molar-refractivity contribution in [2.24, 2.45) is 0 Å². The number of hydrogen-bond donors (Lipinski definition) is 1. The first kappa shape index (κ1) is 13.1. The lowest BCUT2D eigenvalue weighted by Crippen LogP contribution is -2.27. The molecule has 1 aromatic rings. The highest BCUT2D eigenvalue weighted by Crippen LogP contribution is 2.47. The molecule has 0 saturated heterocycles. The molecule has 4 heteroatoms. The number of fused-ring (bicyclic) bond motifs is 1. The molecule has 108 valence electrons. The van der Waals surface area contributed by atoms with E-state index in [9.17, 15) is 4.39 Å². The second-order valence-electron chi connectivity index (χ2n) is 5.61. The third kappa shape index (κ3) is 2.13. The fourth-order valence-corrected chi connectivity index (χ4v) is 3.87. The van der Waals surface area contributed by atoms with Gasteiger partial charge in [-0.25, -0.2) is 4.39 Å². The molecule has 1 N–H and O–H groups in total. The van der Waals surface area contributed by atoms with Crippen LogP contribution in [0.2, 0.25) is 0 Å². The third-order valence-corrected chi connectivity index (χ3v) is 5.00. The second-order valence-corrected chi connectivity index (χ2v) is 6.47. The monoisotopic (exact) mass is 347 g/mol. The predicted molar refractivity (Wildman–Crippen MR) is 83.0 cm³/mol. The van der Waals surface area contributed by atoms with Gasteiger partial charge in [-0.05, 0) is 70.1 Å². The number of halogens is 2. The molecule has 2 heterocycles. The fraction of sp³-hybridized carbons (Fsp3) is 0.294. The quantitative estimate of drug-likeness (QED) is 0.806. The topological polar surface area (TPSA) is 21.3 Å². The van der Waals surface area contributed by atoms with Gasteiger partial charge in [0.15, 0.2) is 0 Å². The molecule has 4 rings (SSSR count). The van der Waals surface area contributed by atoms with E-state index in [1.807, 2.05) is 18.4 Å². The van der Waals surface area contributed by atoms with Gasteiger partial charge in [-0.3, -0.25) is 0 Å². The van der Waals surface area contributed by atoms with Crippen LogP contribution in [-0.2, 0) is 4.74 Å². The zero-order valence-electron chi connectivity index (χ0n) is 11.5. The minimum Gasteiger partial charge on any atom is -0.495 e. The fourth-order valence-electron chi connectivity index (χ4n) is 3.47. The van der Waals surface area contributed by atoms with Gasteiger partial charge in [-0.1, -0.05) is 6.07 Å². The van der Waals surface area contributed by atoms with Gasteiger partial charge in [0, 0.05) is 11.6 Å². The second kappa shape index (κ2) is 5.02. The Bertz CT molecular complexity index is 703. The lowest BCUT2D eigenvalue weighted by Gasteiger charge is -2.33. The van der Waals surface area contributed by atoms with Crippen molar-refractivity contribution in [1.82, 2.24) is 5.32 Å². The molecule has 2 aliphatic heterocycles. The molecule has 3 aliphatic rings. The maximum absolute atomic E-state index is 13.5. The molecule has 0 spiro atoms. The standard InChI is InChI=1S/C17H15BrFNO/c18-13-8-10(4-5-14(13)19)17-11-2-1-3-15(11)20-16-9-21-7-6-12(16)17/h4-6,8-9,17,20H,1-3,7H2. The first-order valence-electron chi connectivity index (χ1n) is 7.20. The van der Waals surface area contributed by atoms with Crippen LogP contribution in [0.5, 0.6) is 0 Å². The van der Waals surface area contributed by atoms with E-state index in [4.69, 9.17) is 4.74 Å². The summed E-state index contributed by atoms with van der Waals surface area (Å²) in [5.74, 6) is 0.000770. The average Bonchev–Trinajstić information content (AvgIpc) is 2.95. The number of allylic oxidation sites excluding steroid dienone is 3. The van der Waals surface area contributed by atoms with Crippen LogP contribution in [0.4, 0.5) is 4.39 Å². The summed E-state index contributed by atoms with van der Waals surface area (Å²) >= 11 is 3.31. The van der Waals surface area contributed by atoms with Crippen molar-refractivity contribution >= 4 is 15.9 Å². The summed E-state index contributed by atoms with van der Waals surface area (Å²) in [4.78, 5) is 0. The van der Waals surface area contributed by atoms with E-state index in [-0.39, 0.29) is 11.7 Å². The highest BCUT2D eigenvalue weighted by molar-refractivity contribution is 9.10. The van der Waals surface area contributed by atoms with E-state index in [1.54, 1.807) is 6.07 Å². The Labute approximate surface area is 131 Å². The van der Waals surface area contributed by atoms with Crippen LogP contribution >= 0.6 is 15.9 Å². The number of rotatable bonds is 1. The molecule has 1 unspecified atom stereocenters. The number of nitrogens with one attached hydrogen (secondary N) is 1. The zero-order chi connectivity index (χ0) is 14.4. The largest absolute Gasteiger partial charge is 0.495 e. The van der Waals surface area contributed by atoms with Crippen LogP contribution in [0.1, 0.15) is 30.7 Å². The summed E-state index contributed by atoms with van der Waals surface area (Å²) in [6, 6.07) is 5.34. The number of hydrogen-bond acceptors (Lipinski definition) is 2. The van der Waals surface area contributed by atoms with Crippen molar-refractivity contribution in [2.75, 3.05) is 6.61 Å². The van der Waals surface area contributed by atoms with E-state index in [2.05, 4.69) is 27.3 Å². The van der Waals surface area contributed by atoms with Crippen LogP contribution in [0.15, 0.2) is 57.6 Å². The molecule has 1 aromatic carbocycles. The minimum atomic E-state index is -0.218. The first-order chi connectivity index (χ1) is 10.2. The van der Waals surface area contributed by atoms with Crippen molar-refractivity contribution in [1.29, 1.82) is 0 Å². The smallest absolute Gasteiger partial charge is 0.137 e. The lowest BCUT2D eigenvalue weighted by atomic mass is 9.79. The molecule has 21 heavy (non-hydrogen) atoms. The van der Waals surface area contributed by atoms with Gasteiger partial charge in [0.1, 0.15) is 18.7 Å². The molecule has 0 saturated carbocycles. The van der Waals surface area contributed by atoms with Gasteiger partial charge < -0.3 is 10.1 Å². The Hall–Kier alpha value is -1.55. The maximum Gasteiger partial charge on any atom is 0.137 e. The molecule has 0 fully saturated rings. The van der Waals surface area contributed by atoms with Crippen LogP contribution in [0.25, 0.3) is 0 Å². The van der Waals surface area contributed by atoms with Gasteiger partial charge >= 0.3 is 0 Å². The van der Waals surface area contributed by atoms with E-state index in [1.165, 1.54) is 23.3 Å². The highest BCUT2D eigenvalue weighted by atomic mass is 79.9. The summed E-state index contributed by atoms with van der Waals surface area (Å²) in [5.41, 5.74) is 6.19. The van der Waals surface area contributed by atoms with Crippen LogP contribution in [0.3, 0.4) is 0 Å². The molecular formula is C17H15BrFNO. The van der Waals surface area contributed by atoms with Crippen molar-refractivity contribution in [3.05, 3.63) is 68.9 Å². The van der Waals surface area contributed by atoms with E-state index in [0.717, 1.165) is 24.1 Å². The minimum absolute atomic E-state index is 0.218. The van der Waals surface area contributed by atoms with Crippen molar-refractivity contribution in [3.63, 3.8) is 0 Å². The van der Waals surface area contributed by atoms with E-state index < -0.39 is 0 Å². The van der Waals surface area contributed by atoms with Crippen LogP contribution in [-0.4, -0.2) is 6.61 Å². The summed E-state index contributed by atoms with van der Waals surface area (Å²) in [6.07, 6.45) is 7.31. The van der Waals surface area contributed by atoms with Crippen molar-refractivity contribution in [2.45, 2.75) is 25.2 Å². The zero-order valence-corrected chi connectivity index (χ0v) is 13.0. The molecule has 1 atom stereocenters. The number of benzene rings is 1. The van der Waals surface area contributed by atoms with Crippen LogP contribution < -0.4 is 5.32 Å². The summed E-state index contributed by atoms with van der Waals surface area (Å²) in [7, 11) is 0. The van der Waals surface area contributed by atoms with Gasteiger partial charge in [0.25, 0.3) is 0 Å². The molecule has 0 aromatic heterocycles. The van der Waals surface area contributed by atoms with E-state index >= 15 is 0 Å². The van der Waals surface area contributed by atoms with Gasteiger partial charge in [0.2, 0.25) is 0 Å². The third-order valence-electron chi connectivity index (χ3n) is 4.39. The Morgan fingerprint density at radius 3 is 3.05 bits per heavy atom. The summed E-state index contributed by atoms with van der Waals surface area (Å²) in [5, 5.41) is 3.50. The maximum atomic E-state index is 13.5. The predicted octanol–water partition coefficient (Wildman–Crippen LogP) is 4.51. The Morgan fingerprint density at radius 2 is 2.19 bits per heavy atom. The van der Waals surface area contributed by atoms with E-state index in [0.29, 0.717) is 11.1 Å². The summed E-state index contributed by atoms with van der Waals surface area (Å²) < 4.78 is 19.5. The Balaban J connectivity index is 1.86.